The summed E-state index contributed by atoms with van der Waals surface area (Å²) in [6, 6.07) is 7.12. The summed E-state index contributed by atoms with van der Waals surface area (Å²) in [5.74, 6) is -3.97. The maximum atomic E-state index is 13.1. The van der Waals surface area contributed by atoms with Crippen molar-refractivity contribution >= 4 is 29.7 Å². The van der Waals surface area contributed by atoms with Crippen LogP contribution < -0.4 is 21.5 Å². The number of rotatable bonds is 12. The number of hydrogen-bond acceptors (Lipinski definition) is 7. The lowest BCUT2D eigenvalue weighted by Crippen LogP contribution is -2.57. The van der Waals surface area contributed by atoms with Crippen LogP contribution in [0.1, 0.15) is 76.6 Å². The van der Waals surface area contributed by atoms with Gasteiger partial charge in [0.25, 0.3) is 17.7 Å². The van der Waals surface area contributed by atoms with Gasteiger partial charge in [0, 0.05) is 24.3 Å². The average molecular weight is 546 g/mol. The number of amides is 6. The molecule has 0 aromatic heterocycles. The summed E-state index contributed by atoms with van der Waals surface area (Å²) in [7, 11) is 0. The Balaban J connectivity index is 1.58. The Labute approximate surface area is 228 Å². The van der Waals surface area contributed by atoms with Crippen LogP contribution in [0.15, 0.2) is 30.3 Å². The Kier molecular flexibility index (Phi) is 10.4. The largest absolute Gasteiger partial charge is 0.343 e. The van der Waals surface area contributed by atoms with Gasteiger partial charge in [0.05, 0.1) is 6.61 Å². The smallest absolute Gasteiger partial charge is 0.331 e. The lowest BCUT2D eigenvalue weighted by Gasteiger charge is -2.36. The van der Waals surface area contributed by atoms with Crippen LogP contribution in [0.4, 0.5) is 4.79 Å². The molecule has 4 N–H and O–H groups in total. The maximum Gasteiger partial charge on any atom is 0.343 e. The minimum Gasteiger partial charge on any atom is -0.331 e. The van der Waals surface area contributed by atoms with Crippen molar-refractivity contribution < 1.29 is 33.5 Å². The first-order valence-corrected chi connectivity index (χ1v) is 13.4. The van der Waals surface area contributed by atoms with Gasteiger partial charge in [-0.15, -0.1) is 0 Å². The summed E-state index contributed by atoms with van der Waals surface area (Å²) in [5, 5.41) is 5.99. The Hall–Kier alpha value is -3.51. The van der Waals surface area contributed by atoms with E-state index in [4.69, 9.17) is 9.57 Å². The van der Waals surface area contributed by atoms with Gasteiger partial charge in [-0.25, -0.2) is 20.1 Å². The fourth-order valence-corrected chi connectivity index (χ4v) is 4.64. The van der Waals surface area contributed by atoms with Crippen molar-refractivity contribution in [3.63, 3.8) is 0 Å². The number of urea groups is 1. The number of hydroxylamine groups is 1. The normalized spacial score (nSPS) is 22.0. The number of nitrogens with zero attached hydrogens (tertiary/aromatic N) is 1. The van der Waals surface area contributed by atoms with Gasteiger partial charge in [-0.3, -0.25) is 35.2 Å². The molecule has 2 aliphatic rings. The summed E-state index contributed by atoms with van der Waals surface area (Å²) in [5.41, 5.74) is 5.38. The average Bonchev–Trinajstić information content (AvgIpc) is 3.18. The van der Waals surface area contributed by atoms with Crippen molar-refractivity contribution in [1.82, 2.24) is 26.5 Å². The fraction of sp³-hybridized carbons (Fsp3) is 0.593. The molecule has 0 radical (unpaired) electrons. The molecule has 2 aliphatic heterocycles. The molecule has 0 saturated carbocycles. The van der Waals surface area contributed by atoms with Gasteiger partial charge in [0.15, 0.2) is 0 Å². The molecular weight excluding hydrogens is 506 g/mol. The van der Waals surface area contributed by atoms with Crippen molar-refractivity contribution in [2.75, 3.05) is 6.61 Å². The third kappa shape index (κ3) is 8.24. The molecule has 1 aromatic carbocycles. The molecule has 0 bridgehead atoms. The summed E-state index contributed by atoms with van der Waals surface area (Å²) in [4.78, 5) is 68.5. The highest BCUT2D eigenvalue weighted by Gasteiger charge is 2.42. The Morgan fingerprint density at radius 3 is 2.46 bits per heavy atom. The predicted molar refractivity (Wildman–Crippen MR) is 140 cm³/mol. The molecule has 3 atom stereocenters. The number of hydrazine groups is 1. The van der Waals surface area contributed by atoms with Gasteiger partial charge in [0.1, 0.15) is 6.04 Å². The van der Waals surface area contributed by atoms with E-state index in [0.29, 0.717) is 25.0 Å². The maximum absolute atomic E-state index is 13.1. The van der Waals surface area contributed by atoms with Crippen LogP contribution in [0.2, 0.25) is 0 Å². The summed E-state index contributed by atoms with van der Waals surface area (Å²) in [6.45, 7) is 7.82. The second-order valence-corrected chi connectivity index (χ2v) is 10.7. The van der Waals surface area contributed by atoms with Crippen LogP contribution in [0.25, 0.3) is 0 Å². The quantitative estimate of drug-likeness (QED) is 0.179. The van der Waals surface area contributed by atoms with Crippen LogP contribution in [0.5, 0.6) is 0 Å². The Morgan fingerprint density at radius 1 is 1.13 bits per heavy atom. The van der Waals surface area contributed by atoms with Gasteiger partial charge in [-0.05, 0) is 49.7 Å². The van der Waals surface area contributed by atoms with Crippen molar-refractivity contribution in [2.45, 2.75) is 78.2 Å². The first-order valence-electron chi connectivity index (χ1n) is 13.4. The summed E-state index contributed by atoms with van der Waals surface area (Å²) >= 11 is 0. The number of benzene rings is 1. The van der Waals surface area contributed by atoms with E-state index in [0.717, 1.165) is 17.9 Å². The van der Waals surface area contributed by atoms with Crippen LogP contribution in [-0.2, 0) is 24.0 Å². The highest BCUT2D eigenvalue weighted by atomic mass is 16.8. The molecule has 12 heteroatoms. The zero-order valence-corrected chi connectivity index (χ0v) is 23.0. The van der Waals surface area contributed by atoms with Crippen molar-refractivity contribution in [2.24, 2.45) is 17.8 Å². The standard InChI is InChI=1S/C27H39N5O7/c1-17(2)16-20(24(35)30-32-22(18(3)4)25(36)28-26(32)37)12-13-21(33)31-39-27(14-8-9-15-38-27)29-23(34)19-10-6-5-7-11-19/h5-7,10-11,17-18,20,22H,8-9,12-16H2,1-4H3,(H,29,34)(H,30,35)(H,31,33)(H,28,36,37)/t20-,22+,27-/m1/s1. The molecule has 39 heavy (non-hydrogen) atoms. The zero-order chi connectivity index (χ0) is 28.6. The number of carbonyl (C=O) groups excluding carboxylic acids is 5. The molecule has 1 aromatic rings. The third-order valence-corrected chi connectivity index (χ3v) is 6.61. The van der Waals surface area contributed by atoms with Crippen molar-refractivity contribution in [3.05, 3.63) is 35.9 Å². The van der Waals surface area contributed by atoms with E-state index in [1.165, 1.54) is 0 Å². The van der Waals surface area contributed by atoms with E-state index in [1.807, 2.05) is 13.8 Å². The van der Waals surface area contributed by atoms with E-state index in [1.54, 1.807) is 44.2 Å². The number of carbonyl (C=O) groups is 5. The highest BCUT2D eigenvalue weighted by Crippen LogP contribution is 2.24. The first-order chi connectivity index (χ1) is 18.5. The number of imide groups is 1. The van der Waals surface area contributed by atoms with Crippen LogP contribution in [0, 0.1) is 17.8 Å². The molecule has 2 heterocycles. The zero-order valence-electron chi connectivity index (χ0n) is 23.0. The molecule has 0 unspecified atom stereocenters. The molecule has 0 spiro atoms. The SMILES string of the molecule is CC(C)C[C@@H](CCC(=O)NO[C@@]1(NC(=O)c2ccccc2)CCCCO1)C(=O)NN1C(=O)NC(=O)[C@@H]1C(C)C. The first kappa shape index (κ1) is 30.0. The van der Waals surface area contributed by atoms with Gasteiger partial charge in [0.2, 0.25) is 11.8 Å². The molecule has 6 amide bonds. The topological polar surface area (TPSA) is 155 Å². The third-order valence-electron chi connectivity index (χ3n) is 6.61. The molecule has 214 valence electrons. The lowest BCUT2D eigenvalue weighted by molar-refractivity contribution is -0.290. The van der Waals surface area contributed by atoms with E-state index < -0.39 is 47.5 Å². The van der Waals surface area contributed by atoms with Crippen molar-refractivity contribution in [1.29, 1.82) is 0 Å². The minimum atomic E-state index is -1.50. The van der Waals surface area contributed by atoms with E-state index in [9.17, 15) is 24.0 Å². The minimum absolute atomic E-state index is 0.0494. The Bertz CT molecular complexity index is 1040. The van der Waals surface area contributed by atoms with E-state index in [-0.39, 0.29) is 24.7 Å². The molecule has 2 fully saturated rings. The number of ether oxygens (including phenoxy) is 1. The Morgan fingerprint density at radius 2 is 1.85 bits per heavy atom. The van der Waals surface area contributed by atoms with E-state index >= 15 is 0 Å². The fourth-order valence-electron chi connectivity index (χ4n) is 4.64. The van der Waals surface area contributed by atoms with Gasteiger partial charge in [-0.1, -0.05) is 45.9 Å². The van der Waals surface area contributed by atoms with Crippen LogP contribution in [0.3, 0.4) is 0 Å². The molecular formula is C27H39N5O7. The second kappa shape index (κ2) is 13.5. The number of hydrogen-bond donors (Lipinski definition) is 4. The van der Waals surface area contributed by atoms with Gasteiger partial charge in [-0.2, -0.15) is 0 Å². The van der Waals surface area contributed by atoms with E-state index in [2.05, 4.69) is 21.5 Å². The summed E-state index contributed by atoms with van der Waals surface area (Å²) in [6.07, 6.45) is 2.47. The van der Waals surface area contributed by atoms with Crippen LogP contribution >= 0.6 is 0 Å². The van der Waals surface area contributed by atoms with Crippen LogP contribution in [-0.4, -0.2) is 53.2 Å². The van der Waals surface area contributed by atoms with Gasteiger partial charge >= 0.3 is 6.03 Å². The monoisotopic (exact) mass is 545 g/mol. The molecule has 12 nitrogen and oxygen atoms in total. The highest BCUT2D eigenvalue weighted by molar-refractivity contribution is 6.05. The number of nitrogens with one attached hydrogen (secondary N) is 4. The second-order valence-electron chi connectivity index (χ2n) is 10.7. The predicted octanol–water partition coefficient (Wildman–Crippen LogP) is 2.37. The molecule has 0 aliphatic carbocycles. The van der Waals surface area contributed by atoms with Crippen molar-refractivity contribution in [3.8, 4) is 0 Å². The molecule has 3 rings (SSSR count). The summed E-state index contributed by atoms with van der Waals surface area (Å²) < 4.78 is 5.74. The van der Waals surface area contributed by atoms with Gasteiger partial charge < -0.3 is 4.74 Å². The lowest BCUT2D eigenvalue weighted by atomic mass is 9.92. The molecule has 2 saturated heterocycles.